The van der Waals surface area contributed by atoms with Gasteiger partial charge in [0.1, 0.15) is 5.75 Å². The van der Waals surface area contributed by atoms with E-state index in [0.717, 1.165) is 30.1 Å². The first kappa shape index (κ1) is 16.6. The second-order valence-electron chi connectivity index (χ2n) is 5.95. The largest absolute Gasteiger partial charge is 0.496 e. The fraction of sp³-hybridized carbons (Fsp3) is 0.588. The Morgan fingerprint density at radius 3 is 2.91 bits per heavy atom. The molecule has 1 aromatic rings. The first-order chi connectivity index (χ1) is 10.6. The molecule has 1 heterocycles. The number of hydrogen-bond acceptors (Lipinski definition) is 3. The Bertz CT molecular complexity index is 505. The molecule has 1 aliphatic heterocycles. The van der Waals surface area contributed by atoms with E-state index >= 15 is 0 Å². The van der Waals surface area contributed by atoms with Gasteiger partial charge in [0.2, 0.25) is 0 Å². The lowest BCUT2D eigenvalue weighted by atomic mass is 10.0. The minimum atomic E-state index is -0.158. The first-order valence-corrected chi connectivity index (χ1v) is 8.03. The van der Waals surface area contributed by atoms with Crippen molar-refractivity contribution in [1.82, 2.24) is 10.2 Å². The van der Waals surface area contributed by atoms with Crippen LogP contribution < -0.4 is 15.4 Å². The summed E-state index contributed by atoms with van der Waals surface area (Å²) in [5.41, 5.74) is 1.78. The topological polar surface area (TPSA) is 53.6 Å². The van der Waals surface area contributed by atoms with Crippen LogP contribution in [0.4, 0.5) is 10.5 Å². The summed E-state index contributed by atoms with van der Waals surface area (Å²) in [6.07, 6.45) is 3.85. The van der Waals surface area contributed by atoms with E-state index in [1.807, 2.05) is 25.1 Å². The molecule has 1 atom stereocenters. The van der Waals surface area contributed by atoms with Crippen LogP contribution in [0.25, 0.3) is 0 Å². The number of piperidine rings is 1. The summed E-state index contributed by atoms with van der Waals surface area (Å²) >= 11 is 0. The number of carbonyl (C=O) groups is 1. The van der Waals surface area contributed by atoms with Gasteiger partial charge in [-0.3, -0.25) is 4.90 Å². The number of hydrogen-bond donors (Lipinski definition) is 2. The van der Waals surface area contributed by atoms with Gasteiger partial charge in [0.25, 0.3) is 0 Å². The number of aryl methyl sites for hydroxylation is 1. The van der Waals surface area contributed by atoms with Gasteiger partial charge in [0.05, 0.1) is 7.11 Å². The molecule has 1 aliphatic rings. The summed E-state index contributed by atoms with van der Waals surface area (Å²) in [6, 6.07) is 6.08. The zero-order valence-electron chi connectivity index (χ0n) is 13.8. The number of urea groups is 1. The lowest BCUT2D eigenvalue weighted by molar-refractivity contribution is 0.162. The Morgan fingerprint density at radius 2 is 2.23 bits per heavy atom. The molecular weight excluding hydrogens is 278 g/mol. The number of benzene rings is 1. The Kier molecular flexibility index (Phi) is 6.07. The average molecular weight is 305 g/mol. The molecule has 0 bridgehead atoms. The minimum absolute atomic E-state index is 0.158. The highest BCUT2D eigenvalue weighted by atomic mass is 16.5. The van der Waals surface area contributed by atoms with E-state index < -0.39 is 0 Å². The van der Waals surface area contributed by atoms with E-state index in [1.54, 1.807) is 7.11 Å². The third kappa shape index (κ3) is 4.63. The van der Waals surface area contributed by atoms with Crippen LogP contribution in [0.2, 0.25) is 0 Å². The molecule has 2 N–H and O–H groups in total. The fourth-order valence-electron chi connectivity index (χ4n) is 2.93. The van der Waals surface area contributed by atoms with Crippen molar-refractivity contribution in [2.45, 2.75) is 39.2 Å². The van der Waals surface area contributed by atoms with Gasteiger partial charge >= 0.3 is 6.03 Å². The number of amides is 2. The molecule has 1 unspecified atom stereocenters. The molecule has 1 saturated heterocycles. The number of ether oxygens (including phenoxy) is 1. The molecule has 1 fully saturated rings. The van der Waals surface area contributed by atoms with Crippen molar-refractivity contribution in [3.63, 3.8) is 0 Å². The van der Waals surface area contributed by atoms with Gasteiger partial charge in [-0.2, -0.15) is 0 Å². The molecule has 0 saturated carbocycles. The van der Waals surface area contributed by atoms with Crippen LogP contribution in [0.1, 0.15) is 31.7 Å². The lowest BCUT2D eigenvalue weighted by Gasteiger charge is -2.33. The SMILES string of the molecule is COc1ccc(NC(=O)NCCN2CCCCC2C)cc1C. The molecule has 1 aromatic carbocycles. The minimum Gasteiger partial charge on any atom is -0.496 e. The van der Waals surface area contributed by atoms with Gasteiger partial charge in [-0.1, -0.05) is 6.42 Å². The molecule has 5 nitrogen and oxygen atoms in total. The summed E-state index contributed by atoms with van der Waals surface area (Å²) in [4.78, 5) is 14.4. The van der Waals surface area contributed by atoms with E-state index in [0.29, 0.717) is 12.6 Å². The van der Waals surface area contributed by atoms with Crippen molar-refractivity contribution in [1.29, 1.82) is 0 Å². The standard InChI is InChI=1S/C17H27N3O2/c1-13-12-15(7-8-16(13)22-3)19-17(21)18-9-11-20-10-5-4-6-14(20)2/h7-8,12,14H,4-6,9-11H2,1-3H3,(H2,18,19,21). The van der Waals surface area contributed by atoms with Crippen LogP contribution in [0.15, 0.2) is 18.2 Å². The third-order valence-corrected chi connectivity index (χ3v) is 4.28. The molecular formula is C17H27N3O2. The molecule has 122 valence electrons. The third-order valence-electron chi connectivity index (χ3n) is 4.28. The maximum absolute atomic E-state index is 11.9. The van der Waals surface area contributed by atoms with Crippen LogP contribution in [0, 0.1) is 6.92 Å². The molecule has 2 rings (SSSR count). The van der Waals surface area contributed by atoms with Crippen LogP contribution in [0.3, 0.4) is 0 Å². The summed E-state index contributed by atoms with van der Waals surface area (Å²) in [7, 11) is 1.64. The summed E-state index contributed by atoms with van der Waals surface area (Å²) in [6.45, 7) is 6.95. The predicted octanol–water partition coefficient (Wildman–Crippen LogP) is 3.00. The van der Waals surface area contributed by atoms with Gasteiger partial charge < -0.3 is 15.4 Å². The van der Waals surface area contributed by atoms with E-state index in [2.05, 4.69) is 22.5 Å². The van der Waals surface area contributed by atoms with Gasteiger partial charge in [0, 0.05) is 24.8 Å². The highest BCUT2D eigenvalue weighted by Crippen LogP contribution is 2.21. The zero-order chi connectivity index (χ0) is 15.9. The van der Waals surface area contributed by atoms with Gasteiger partial charge in [-0.05, 0) is 57.0 Å². The zero-order valence-corrected chi connectivity index (χ0v) is 13.8. The quantitative estimate of drug-likeness (QED) is 0.879. The number of rotatable bonds is 5. The van der Waals surface area contributed by atoms with Crippen molar-refractivity contribution >= 4 is 11.7 Å². The summed E-state index contributed by atoms with van der Waals surface area (Å²) in [5, 5.41) is 5.78. The normalized spacial score (nSPS) is 18.8. The van der Waals surface area contributed by atoms with Crippen LogP contribution >= 0.6 is 0 Å². The Labute approximate surface area is 133 Å². The maximum atomic E-state index is 11.9. The Morgan fingerprint density at radius 1 is 1.41 bits per heavy atom. The molecule has 0 aromatic heterocycles. The van der Waals surface area contributed by atoms with Crippen LogP contribution in [0.5, 0.6) is 5.75 Å². The van der Waals surface area contributed by atoms with Gasteiger partial charge in [-0.25, -0.2) is 4.79 Å². The number of nitrogens with one attached hydrogen (secondary N) is 2. The number of methoxy groups -OCH3 is 1. The van der Waals surface area contributed by atoms with E-state index in [9.17, 15) is 4.79 Å². The van der Waals surface area contributed by atoms with E-state index in [1.165, 1.54) is 19.3 Å². The first-order valence-electron chi connectivity index (χ1n) is 8.03. The summed E-state index contributed by atoms with van der Waals surface area (Å²) < 4.78 is 5.21. The molecule has 5 heteroatoms. The fourth-order valence-corrected chi connectivity index (χ4v) is 2.93. The molecule has 22 heavy (non-hydrogen) atoms. The Hall–Kier alpha value is -1.75. The average Bonchev–Trinajstić information content (AvgIpc) is 2.49. The second-order valence-corrected chi connectivity index (χ2v) is 5.95. The number of likely N-dealkylation sites (tertiary alicyclic amines) is 1. The number of carbonyl (C=O) groups excluding carboxylic acids is 1. The van der Waals surface area contributed by atoms with Crippen molar-refractivity contribution < 1.29 is 9.53 Å². The summed E-state index contributed by atoms with van der Waals surface area (Å²) in [5.74, 6) is 0.824. The molecule has 0 aliphatic carbocycles. The van der Waals surface area contributed by atoms with Gasteiger partial charge in [-0.15, -0.1) is 0 Å². The molecule has 0 spiro atoms. The molecule has 0 radical (unpaired) electrons. The van der Waals surface area contributed by atoms with E-state index in [-0.39, 0.29) is 6.03 Å². The van der Waals surface area contributed by atoms with E-state index in [4.69, 9.17) is 4.74 Å². The van der Waals surface area contributed by atoms with Crippen molar-refractivity contribution in [3.05, 3.63) is 23.8 Å². The second kappa shape index (κ2) is 8.03. The van der Waals surface area contributed by atoms with Crippen molar-refractivity contribution in [3.8, 4) is 5.75 Å². The number of anilines is 1. The molecule has 2 amide bonds. The predicted molar refractivity (Wildman–Crippen MR) is 89.6 cm³/mol. The van der Waals surface area contributed by atoms with Crippen molar-refractivity contribution in [2.75, 3.05) is 32.1 Å². The monoisotopic (exact) mass is 305 g/mol. The maximum Gasteiger partial charge on any atom is 0.319 e. The smallest absolute Gasteiger partial charge is 0.319 e. The highest BCUT2D eigenvalue weighted by molar-refractivity contribution is 5.89. The number of nitrogens with zero attached hydrogens (tertiary/aromatic N) is 1. The van der Waals surface area contributed by atoms with Crippen molar-refractivity contribution in [2.24, 2.45) is 0 Å². The Balaban J connectivity index is 1.74. The van der Waals surface area contributed by atoms with Gasteiger partial charge in [0.15, 0.2) is 0 Å². The van der Waals surface area contributed by atoms with Crippen LogP contribution in [-0.4, -0.2) is 43.7 Å². The lowest BCUT2D eigenvalue weighted by Crippen LogP contribution is -2.43. The highest BCUT2D eigenvalue weighted by Gasteiger charge is 2.17. The van der Waals surface area contributed by atoms with Crippen LogP contribution in [-0.2, 0) is 0 Å².